The number of carbonyl (C=O) groups is 7. The third kappa shape index (κ3) is 12.1. The molecule has 18 heteroatoms. The zero-order chi connectivity index (χ0) is 35.4. The summed E-state index contributed by atoms with van der Waals surface area (Å²) in [6.45, 7) is 5.94. The van der Waals surface area contributed by atoms with Gasteiger partial charge in [0.1, 0.15) is 38.1 Å². The van der Waals surface area contributed by atoms with E-state index in [4.69, 9.17) is 58.5 Å². The zero-order valence-corrected chi connectivity index (χ0v) is 26.8. The molecule has 0 aromatic rings. The van der Waals surface area contributed by atoms with Crippen LogP contribution in [0.25, 0.3) is 0 Å². The predicted molar refractivity (Wildman–Crippen MR) is 148 cm³/mol. The largest absolute Gasteiger partial charge is 0.463 e. The summed E-state index contributed by atoms with van der Waals surface area (Å²) in [7, 11) is 0. The van der Waals surface area contributed by atoms with E-state index in [1.807, 2.05) is 0 Å². The van der Waals surface area contributed by atoms with Gasteiger partial charge in [0.15, 0.2) is 43.1 Å². The van der Waals surface area contributed by atoms with Gasteiger partial charge in [0.05, 0.1) is 0 Å². The first kappa shape index (κ1) is 38.9. The Kier molecular flexibility index (Phi) is 15.0. The number of esters is 7. The molecule has 2 aliphatic rings. The molecule has 2 heterocycles. The Bertz CT molecular complexity index is 1210. The van der Waals surface area contributed by atoms with Crippen molar-refractivity contribution in [3.63, 3.8) is 0 Å². The van der Waals surface area contributed by atoms with Crippen LogP contribution >= 0.6 is 0 Å². The number of terminal acetylenes is 1. The molecule has 18 nitrogen and oxygen atoms in total. The first-order valence-electron chi connectivity index (χ1n) is 14.2. The van der Waals surface area contributed by atoms with Crippen LogP contribution in [0, 0.1) is 12.3 Å². The molecular weight excluding hydrogens is 636 g/mol. The van der Waals surface area contributed by atoms with Crippen LogP contribution in [0.15, 0.2) is 0 Å². The van der Waals surface area contributed by atoms with Crippen LogP contribution < -0.4 is 0 Å². The molecule has 0 N–H and O–H groups in total. The molecule has 0 saturated carbocycles. The van der Waals surface area contributed by atoms with E-state index in [1.165, 1.54) is 0 Å². The van der Waals surface area contributed by atoms with Gasteiger partial charge in [-0.15, -0.1) is 6.42 Å². The van der Waals surface area contributed by atoms with Crippen molar-refractivity contribution in [2.45, 2.75) is 110 Å². The number of ether oxygens (including phenoxy) is 11. The second-order valence-corrected chi connectivity index (χ2v) is 10.2. The number of rotatable bonds is 13. The van der Waals surface area contributed by atoms with Crippen molar-refractivity contribution >= 4 is 41.8 Å². The Morgan fingerprint density at radius 3 is 1.30 bits per heavy atom. The molecule has 2 rings (SSSR count). The summed E-state index contributed by atoms with van der Waals surface area (Å²) in [6, 6.07) is 0. The van der Waals surface area contributed by atoms with Gasteiger partial charge < -0.3 is 52.1 Å². The summed E-state index contributed by atoms with van der Waals surface area (Å²) in [6.07, 6.45) is -10.2. The molecule has 10 atom stereocenters. The van der Waals surface area contributed by atoms with Gasteiger partial charge in [-0.25, -0.2) is 0 Å². The third-order valence-corrected chi connectivity index (χ3v) is 6.22. The van der Waals surface area contributed by atoms with Crippen molar-refractivity contribution < 1.29 is 85.7 Å². The van der Waals surface area contributed by atoms with Crippen LogP contribution in [-0.4, -0.2) is 123 Å². The second kappa shape index (κ2) is 18.1. The second-order valence-electron chi connectivity index (χ2n) is 10.2. The van der Waals surface area contributed by atoms with Gasteiger partial charge in [-0.3, -0.25) is 33.6 Å². The Morgan fingerprint density at radius 1 is 0.511 bits per heavy atom. The van der Waals surface area contributed by atoms with Crippen molar-refractivity contribution in [3.05, 3.63) is 0 Å². The Balaban J connectivity index is 2.72. The highest BCUT2D eigenvalue weighted by Crippen LogP contribution is 2.35. The molecule has 2 fully saturated rings. The maximum Gasteiger partial charge on any atom is 0.303 e. The van der Waals surface area contributed by atoms with Crippen molar-refractivity contribution in [3.8, 4) is 12.3 Å². The minimum absolute atomic E-state index is 0.347. The standard InChI is InChI=1S/C29H38O18/c1-9-10-37-28-26(43-18(7)35)25(42-17(6)34)23(21(45-28)12-39-14(3)31)47-29-27(44-19(8)36)24(41-16(5)33)22(40-15(4)32)20(46-29)11-38-13(2)30/h1,20-29H,10-12H2,2-8H3/t20-,21-,22-,23-,24+,25+,26-,27-,28-,29-/m1/s1. The fourth-order valence-corrected chi connectivity index (χ4v) is 4.74. The van der Waals surface area contributed by atoms with Gasteiger partial charge >= 0.3 is 41.8 Å². The molecule has 2 aliphatic heterocycles. The SMILES string of the molecule is C#CCO[C@@H]1O[C@H](COC(C)=O)[C@@H](O[C@H]2O[C@H](COC(C)=O)[C@@H](OC(C)=O)[C@H](OC(C)=O)[C@H]2OC(C)=O)[C@H](OC(C)=O)[C@H]1OC(C)=O. The molecule has 0 aromatic heterocycles. The normalized spacial score (nSPS) is 30.0. The summed E-state index contributed by atoms with van der Waals surface area (Å²) in [5.74, 6) is -3.68. The molecule has 0 spiro atoms. The lowest BCUT2D eigenvalue weighted by Crippen LogP contribution is -2.67. The smallest absolute Gasteiger partial charge is 0.303 e. The van der Waals surface area contributed by atoms with Gasteiger partial charge in [-0.2, -0.15) is 0 Å². The number of hydrogen-bond acceptors (Lipinski definition) is 18. The van der Waals surface area contributed by atoms with Crippen LogP contribution in [0.4, 0.5) is 0 Å². The highest BCUT2D eigenvalue weighted by Gasteiger charge is 2.57. The Labute approximate surface area is 269 Å². The molecule has 2 saturated heterocycles. The third-order valence-electron chi connectivity index (χ3n) is 6.22. The van der Waals surface area contributed by atoms with Crippen molar-refractivity contribution in [1.82, 2.24) is 0 Å². The van der Waals surface area contributed by atoms with E-state index in [9.17, 15) is 33.6 Å². The van der Waals surface area contributed by atoms with Crippen LogP contribution in [0.3, 0.4) is 0 Å². The van der Waals surface area contributed by atoms with E-state index in [2.05, 4.69) is 5.92 Å². The molecule has 0 aliphatic carbocycles. The van der Waals surface area contributed by atoms with E-state index in [0.717, 1.165) is 48.5 Å². The minimum Gasteiger partial charge on any atom is -0.463 e. The number of hydrogen-bond donors (Lipinski definition) is 0. The van der Waals surface area contributed by atoms with Crippen LogP contribution in [0.5, 0.6) is 0 Å². The molecule has 262 valence electrons. The van der Waals surface area contributed by atoms with Gasteiger partial charge in [0.25, 0.3) is 0 Å². The lowest BCUT2D eigenvalue weighted by Gasteiger charge is -2.48. The molecule has 0 bridgehead atoms. The molecule has 0 amide bonds. The van der Waals surface area contributed by atoms with Gasteiger partial charge in [0, 0.05) is 48.5 Å². The van der Waals surface area contributed by atoms with Crippen molar-refractivity contribution in [2.24, 2.45) is 0 Å². The van der Waals surface area contributed by atoms with Crippen LogP contribution in [-0.2, 0) is 85.7 Å². The van der Waals surface area contributed by atoms with Crippen LogP contribution in [0.2, 0.25) is 0 Å². The van der Waals surface area contributed by atoms with E-state index in [1.54, 1.807) is 0 Å². The first-order chi connectivity index (χ1) is 22.0. The van der Waals surface area contributed by atoms with E-state index in [0.29, 0.717) is 0 Å². The maximum absolute atomic E-state index is 12.3. The van der Waals surface area contributed by atoms with Gasteiger partial charge in [-0.05, 0) is 0 Å². The lowest BCUT2D eigenvalue weighted by atomic mass is 9.96. The molecular formula is C29H38O18. The summed E-state index contributed by atoms with van der Waals surface area (Å²) < 4.78 is 61.0. The van der Waals surface area contributed by atoms with Gasteiger partial charge in [-0.1, -0.05) is 5.92 Å². The monoisotopic (exact) mass is 674 g/mol. The first-order valence-corrected chi connectivity index (χ1v) is 14.2. The van der Waals surface area contributed by atoms with Gasteiger partial charge in [0.2, 0.25) is 0 Å². The highest BCUT2D eigenvalue weighted by atomic mass is 16.8. The fraction of sp³-hybridized carbons (Fsp3) is 0.690. The maximum atomic E-state index is 12.3. The van der Waals surface area contributed by atoms with E-state index < -0.39 is 116 Å². The minimum atomic E-state index is -1.79. The molecule has 0 unspecified atom stereocenters. The van der Waals surface area contributed by atoms with Crippen LogP contribution in [0.1, 0.15) is 48.5 Å². The summed E-state index contributed by atoms with van der Waals surface area (Å²) in [5.41, 5.74) is 0. The molecule has 47 heavy (non-hydrogen) atoms. The average molecular weight is 675 g/mol. The Morgan fingerprint density at radius 2 is 0.872 bits per heavy atom. The molecule has 0 radical (unpaired) electrons. The topological polar surface area (TPSA) is 221 Å². The van der Waals surface area contributed by atoms with Crippen molar-refractivity contribution in [1.29, 1.82) is 0 Å². The quantitative estimate of drug-likeness (QED) is 0.133. The Hall–Kier alpha value is -4.31. The summed E-state index contributed by atoms with van der Waals surface area (Å²) >= 11 is 0. The summed E-state index contributed by atoms with van der Waals surface area (Å²) in [4.78, 5) is 84.5. The fourth-order valence-electron chi connectivity index (χ4n) is 4.74. The average Bonchev–Trinajstić information content (AvgIpc) is 2.94. The van der Waals surface area contributed by atoms with Crippen molar-refractivity contribution in [2.75, 3.05) is 19.8 Å². The lowest BCUT2D eigenvalue weighted by molar-refractivity contribution is -0.360. The highest BCUT2D eigenvalue weighted by molar-refractivity contribution is 5.69. The summed E-state index contributed by atoms with van der Waals surface area (Å²) in [5, 5.41) is 0. The van der Waals surface area contributed by atoms with E-state index in [-0.39, 0.29) is 6.61 Å². The predicted octanol–water partition coefficient (Wildman–Crippen LogP) is -0.744. The zero-order valence-electron chi connectivity index (χ0n) is 26.8. The van der Waals surface area contributed by atoms with E-state index >= 15 is 0 Å². The number of carbonyl (C=O) groups excluding carboxylic acids is 7. The molecule has 0 aromatic carbocycles.